The molecule has 0 saturated carbocycles. The molecule has 0 amide bonds. The Morgan fingerprint density at radius 1 is 1.32 bits per heavy atom. The SMILES string of the molecule is C=C1OB(c2ccc(OCCCBr)cc2)OC1(C)C. The molecule has 102 valence electrons. The van der Waals surface area contributed by atoms with E-state index in [0.29, 0.717) is 12.4 Å². The summed E-state index contributed by atoms with van der Waals surface area (Å²) in [5.41, 5.74) is 0.537. The summed E-state index contributed by atoms with van der Waals surface area (Å²) in [5, 5.41) is 0.950. The number of hydrogen-bond donors (Lipinski definition) is 0. The number of hydrogen-bond acceptors (Lipinski definition) is 3. The number of ether oxygens (including phenoxy) is 1. The molecule has 3 nitrogen and oxygen atoms in total. The van der Waals surface area contributed by atoms with Gasteiger partial charge in [0.15, 0.2) is 0 Å². The van der Waals surface area contributed by atoms with Crippen LogP contribution in [-0.2, 0) is 9.31 Å². The van der Waals surface area contributed by atoms with Gasteiger partial charge >= 0.3 is 7.12 Å². The lowest BCUT2D eigenvalue weighted by atomic mass is 9.79. The lowest BCUT2D eigenvalue weighted by molar-refractivity contribution is 0.173. The second-order valence-corrected chi connectivity index (χ2v) is 5.75. The van der Waals surface area contributed by atoms with Crippen molar-refractivity contribution < 1.29 is 14.0 Å². The Labute approximate surface area is 123 Å². The first kappa shape index (κ1) is 14.5. The van der Waals surface area contributed by atoms with Crippen LogP contribution < -0.4 is 10.2 Å². The minimum atomic E-state index is -0.435. The minimum absolute atomic E-state index is 0.376. The summed E-state index contributed by atoms with van der Waals surface area (Å²) in [6, 6.07) is 7.79. The molecule has 5 heteroatoms. The van der Waals surface area contributed by atoms with Crippen molar-refractivity contribution in [2.24, 2.45) is 0 Å². The van der Waals surface area contributed by atoms with E-state index in [9.17, 15) is 0 Å². The van der Waals surface area contributed by atoms with Crippen molar-refractivity contribution in [2.45, 2.75) is 25.9 Å². The van der Waals surface area contributed by atoms with Crippen LogP contribution in [0.5, 0.6) is 5.75 Å². The van der Waals surface area contributed by atoms with Crippen molar-refractivity contribution in [3.63, 3.8) is 0 Å². The highest BCUT2D eigenvalue weighted by Crippen LogP contribution is 2.29. The molecule has 0 atom stereocenters. The fraction of sp³-hybridized carbons (Fsp3) is 0.429. The largest absolute Gasteiger partial charge is 0.563 e. The molecule has 0 radical (unpaired) electrons. The molecule has 1 aliphatic rings. The monoisotopic (exact) mass is 324 g/mol. The van der Waals surface area contributed by atoms with Crippen LogP contribution in [0.1, 0.15) is 20.3 Å². The van der Waals surface area contributed by atoms with Gasteiger partial charge < -0.3 is 14.0 Å². The fourth-order valence-corrected chi connectivity index (χ4v) is 1.96. The lowest BCUT2D eigenvalue weighted by Gasteiger charge is -2.15. The molecule has 1 aromatic carbocycles. The molecule has 0 bridgehead atoms. The van der Waals surface area contributed by atoms with Crippen LogP contribution in [0, 0.1) is 0 Å². The van der Waals surface area contributed by atoms with Crippen molar-refractivity contribution in [3.05, 3.63) is 36.6 Å². The van der Waals surface area contributed by atoms with E-state index in [2.05, 4.69) is 22.5 Å². The molecule has 1 aromatic rings. The van der Waals surface area contributed by atoms with Gasteiger partial charge in [0.1, 0.15) is 11.4 Å². The highest BCUT2D eigenvalue weighted by molar-refractivity contribution is 9.09. The van der Waals surface area contributed by atoms with E-state index in [1.54, 1.807) is 0 Å². The highest BCUT2D eigenvalue weighted by atomic mass is 79.9. The fourth-order valence-electron chi connectivity index (χ4n) is 1.73. The smallest absolute Gasteiger partial charge is 0.534 e. The Balaban J connectivity index is 1.97. The van der Waals surface area contributed by atoms with E-state index in [0.717, 1.165) is 23.0 Å². The molecule has 0 unspecified atom stereocenters. The summed E-state index contributed by atoms with van der Waals surface area (Å²) >= 11 is 3.37. The maximum absolute atomic E-state index is 5.82. The third-order valence-corrected chi connectivity index (χ3v) is 3.58. The molecule has 0 aliphatic carbocycles. The summed E-state index contributed by atoms with van der Waals surface area (Å²) in [7, 11) is -0.376. The average molecular weight is 325 g/mol. The summed E-state index contributed by atoms with van der Waals surface area (Å²) in [5.74, 6) is 1.52. The van der Waals surface area contributed by atoms with E-state index in [4.69, 9.17) is 14.0 Å². The van der Waals surface area contributed by atoms with Crippen molar-refractivity contribution in [1.29, 1.82) is 0 Å². The van der Waals surface area contributed by atoms with E-state index in [1.165, 1.54) is 0 Å². The molecular formula is C14H18BBrO3. The van der Waals surface area contributed by atoms with Gasteiger partial charge in [-0.1, -0.05) is 34.6 Å². The van der Waals surface area contributed by atoms with E-state index in [1.807, 2.05) is 38.1 Å². The molecule has 0 aromatic heterocycles. The quantitative estimate of drug-likeness (QED) is 0.473. The normalized spacial score (nSPS) is 17.4. The van der Waals surface area contributed by atoms with E-state index >= 15 is 0 Å². The third-order valence-electron chi connectivity index (χ3n) is 3.02. The first-order valence-electron chi connectivity index (χ1n) is 6.35. The zero-order valence-corrected chi connectivity index (χ0v) is 12.9. The van der Waals surface area contributed by atoms with Gasteiger partial charge in [-0.05, 0) is 37.9 Å². The van der Waals surface area contributed by atoms with Gasteiger partial charge in [0.2, 0.25) is 0 Å². The molecule has 0 N–H and O–H groups in total. The van der Waals surface area contributed by atoms with Crippen LogP contribution in [0.2, 0.25) is 0 Å². The summed E-state index contributed by atoms with van der Waals surface area (Å²) in [4.78, 5) is 0. The van der Waals surface area contributed by atoms with Gasteiger partial charge in [-0.25, -0.2) is 0 Å². The standard InChI is InChI=1S/C14H18BBrO3/c1-11-14(2,3)19-15(18-11)12-5-7-13(8-6-12)17-10-4-9-16/h5-8H,1,4,9-10H2,2-3H3. The number of halogens is 1. The molecule has 1 fully saturated rings. The molecule has 19 heavy (non-hydrogen) atoms. The molecule has 2 rings (SSSR count). The third kappa shape index (κ3) is 3.54. The zero-order valence-electron chi connectivity index (χ0n) is 11.3. The van der Waals surface area contributed by atoms with Gasteiger partial charge in [-0.2, -0.15) is 0 Å². The first-order valence-corrected chi connectivity index (χ1v) is 7.47. The molecule has 1 saturated heterocycles. The van der Waals surface area contributed by atoms with E-state index in [-0.39, 0.29) is 7.12 Å². The summed E-state index contributed by atoms with van der Waals surface area (Å²) < 4.78 is 17.1. The maximum Gasteiger partial charge on any atom is 0.563 e. The topological polar surface area (TPSA) is 27.7 Å². The number of rotatable bonds is 5. The Bertz CT molecular complexity index is 445. The van der Waals surface area contributed by atoms with Crippen LogP contribution >= 0.6 is 15.9 Å². The second-order valence-electron chi connectivity index (χ2n) is 4.96. The molecular weight excluding hydrogens is 307 g/mol. The number of alkyl halides is 1. The first-order chi connectivity index (χ1) is 9.03. The van der Waals surface area contributed by atoms with Crippen molar-refractivity contribution >= 4 is 28.5 Å². The van der Waals surface area contributed by atoms with Crippen molar-refractivity contribution in [1.82, 2.24) is 0 Å². The Morgan fingerprint density at radius 2 is 2.00 bits per heavy atom. The van der Waals surface area contributed by atoms with Gasteiger partial charge in [-0.3, -0.25) is 0 Å². The average Bonchev–Trinajstić information content (AvgIpc) is 2.65. The molecule has 0 spiro atoms. The summed E-state index contributed by atoms with van der Waals surface area (Å²) in [6.45, 7) is 8.49. The van der Waals surface area contributed by atoms with Crippen LogP contribution in [-0.4, -0.2) is 24.7 Å². The molecule has 1 heterocycles. The van der Waals surface area contributed by atoms with Crippen molar-refractivity contribution in [2.75, 3.05) is 11.9 Å². The van der Waals surface area contributed by atoms with Crippen molar-refractivity contribution in [3.8, 4) is 5.75 Å². The maximum atomic E-state index is 5.82. The van der Waals surface area contributed by atoms with Crippen LogP contribution in [0.15, 0.2) is 36.6 Å². The number of benzene rings is 1. The Kier molecular flexibility index (Phi) is 4.58. The van der Waals surface area contributed by atoms with Crippen LogP contribution in [0.4, 0.5) is 0 Å². The Morgan fingerprint density at radius 3 is 2.53 bits per heavy atom. The minimum Gasteiger partial charge on any atom is -0.534 e. The predicted molar refractivity (Wildman–Crippen MR) is 81.1 cm³/mol. The Hall–Kier alpha value is -0.935. The molecule has 1 aliphatic heterocycles. The highest BCUT2D eigenvalue weighted by Gasteiger charge is 2.42. The summed E-state index contributed by atoms with van der Waals surface area (Å²) in [6.07, 6.45) is 0.991. The van der Waals surface area contributed by atoms with Crippen LogP contribution in [0.25, 0.3) is 0 Å². The van der Waals surface area contributed by atoms with Gasteiger partial charge in [0.25, 0.3) is 0 Å². The predicted octanol–water partition coefficient (Wildman–Crippen LogP) is 2.88. The zero-order chi connectivity index (χ0) is 13.9. The van der Waals surface area contributed by atoms with E-state index < -0.39 is 5.60 Å². The second kappa shape index (κ2) is 6.01. The van der Waals surface area contributed by atoms with Crippen LogP contribution in [0.3, 0.4) is 0 Å². The van der Waals surface area contributed by atoms with Gasteiger partial charge in [0.05, 0.1) is 12.4 Å². The van der Waals surface area contributed by atoms with Gasteiger partial charge in [-0.15, -0.1) is 0 Å². The lowest BCUT2D eigenvalue weighted by Crippen LogP contribution is -2.34. The van der Waals surface area contributed by atoms with Gasteiger partial charge in [0, 0.05) is 5.33 Å².